The third kappa shape index (κ3) is 2.89. The van der Waals surface area contributed by atoms with Gasteiger partial charge < -0.3 is 4.74 Å². The van der Waals surface area contributed by atoms with E-state index < -0.39 is 11.8 Å². The highest BCUT2D eigenvalue weighted by Gasteiger charge is 2.40. The smallest absolute Gasteiger partial charge is 0.267 e. The van der Waals surface area contributed by atoms with Crippen LogP contribution in [0, 0.1) is 6.92 Å². The lowest BCUT2D eigenvalue weighted by Crippen LogP contribution is -2.29. The molecule has 2 aromatic carbocycles. The highest BCUT2D eigenvalue weighted by Crippen LogP contribution is 2.36. The summed E-state index contributed by atoms with van der Waals surface area (Å²) < 4.78 is 6.85. The number of carbonyl (C=O) groups excluding carboxylic acids is 2. The molecule has 0 spiro atoms. The zero-order valence-corrected chi connectivity index (χ0v) is 17.9. The summed E-state index contributed by atoms with van der Waals surface area (Å²) in [7, 11) is 1.59. The molecule has 0 unspecified atom stereocenters. The first-order valence-corrected chi connectivity index (χ1v) is 10.0. The van der Waals surface area contributed by atoms with E-state index in [0.717, 1.165) is 10.6 Å². The number of amides is 2. The monoisotopic (exact) mass is 452 g/mol. The summed E-state index contributed by atoms with van der Waals surface area (Å²) in [5.41, 5.74) is 2.67. The molecule has 1 aliphatic heterocycles. The molecule has 5 rings (SSSR count). The highest BCUT2D eigenvalue weighted by molar-refractivity contribution is 6.43. The first-order valence-electron chi connectivity index (χ1n) is 9.27. The number of aryl methyl sites for hydroxylation is 1. The quantitative estimate of drug-likeness (QED) is 0.415. The summed E-state index contributed by atoms with van der Waals surface area (Å²) >= 11 is 12.1. The molecule has 0 radical (unpaired) electrons. The van der Waals surface area contributed by atoms with Gasteiger partial charge in [0.15, 0.2) is 5.65 Å². The van der Waals surface area contributed by atoms with Crippen LogP contribution in [0.3, 0.4) is 0 Å². The Morgan fingerprint density at radius 1 is 0.935 bits per heavy atom. The Morgan fingerprint density at radius 3 is 2.32 bits per heavy atom. The molecule has 0 saturated heterocycles. The average Bonchev–Trinajstić information content (AvgIpc) is 3.24. The first kappa shape index (κ1) is 19.5. The van der Waals surface area contributed by atoms with Crippen molar-refractivity contribution in [1.29, 1.82) is 0 Å². The molecule has 4 aromatic rings. The van der Waals surface area contributed by atoms with Gasteiger partial charge in [0.25, 0.3) is 11.8 Å². The minimum Gasteiger partial charge on any atom is -0.497 e. The van der Waals surface area contributed by atoms with E-state index in [2.05, 4.69) is 10.1 Å². The fourth-order valence-corrected chi connectivity index (χ4v) is 4.02. The van der Waals surface area contributed by atoms with Crippen LogP contribution >= 0.6 is 23.2 Å². The van der Waals surface area contributed by atoms with E-state index in [1.54, 1.807) is 30.8 Å². The van der Waals surface area contributed by atoms with Gasteiger partial charge in [-0.2, -0.15) is 5.10 Å². The molecule has 1 aliphatic rings. The predicted molar refractivity (Wildman–Crippen MR) is 118 cm³/mol. The molecule has 0 saturated carbocycles. The van der Waals surface area contributed by atoms with Crippen LogP contribution in [-0.4, -0.2) is 33.7 Å². The van der Waals surface area contributed by atoms with Gasteiger partial charge in [-0.3, -0.25) is 9.59 Å². The molecular formula is C22H14Cl2N4O3. The fraction of sp³-hybridized carbons (Fsp3) is 0.0909. The lowest BCUT2D eigenvalue weighted by Gasteiger charge is -2.14. The minimum atomic E-state index is -0.468. The number of hydrogen-bond acceptors (Lipinski definition) is 5. The van der Waals surface area contributed by atoms with E-state index in [4.69, 9.17) is 27.9 Å². The standard InChI is InChI=1S/C22H14Cl2N4O3/c1-11-18-19-15(21(29)27(22(19)30)13-5-8-16(23)17(24)9-13)10-25-20(18)28(26-11)12-3-6-14(31-2)7-4-12/h3-10H,1-2H3. The average molecular weight is 453 g/mol. The Hall–Kier alpha value is -3.42. The number of aromatic nitrogens is 3. The third-order valence-electron chi connectivity index (χ3n) is 5.20. The molecule has 0 N–H and O–H groups in total. The van der Waals surface area contributed by atoms with Gasteiger partial charge in [0.05, 0.1) is 50.7 Å². The Labute approximate surface area is 186 Å². The SMILES string of the molecule is COc1ccc(-n2nc(C)c3c4c(cnc32)C(=O)N(c2ccc(Cl)c(Cl)c2)C4=O)cc1. The zero-order valence-electron chi connectivity index (χ0n) is 16.4. The Balaban J connectivity index is 1.67. The van der Waals surface area contributed by atoms with Crippen molar-refractivity contribution in [2.24, 2.45) is 0 Å². The number of nitrogens with zero attached hydrogens (tertiary/aromatic N) is 4. The maximum atomic E-state index is 13.3. The molecule has 0 atom stereocenters. The third-order valence-corrected chi connectivity index (χ3v) is 5.94. The number of ether oxygens (including phenoxy) is 1. The summed E-state index contributed by atoms with van der Waals surface area (Å²) in [4.78, 5) is 31.9. The summed E-state index contributed by atoms with van der Waals surface area (Å²) in [6.45, 7) is 1.78. The minimum absolute atomic E-state index is 0.223. The van der Waals surface area contributed by atoms with Gasteiger partial charge in [0.2, 0.25) is 0 Å². The Kier molecular flexibility index (Phi) is 4.46. The molecular weight excluding hydrogens is 439 g/mol. The van der Waals surface area contributed by atoms with Crippen LogP contribution in [0.15, 0.2) is 48.7 Å². The van der Waals surface area contributed by atoms with Crippen LogP contribution in [0.5, 0.6) is 5.75 Å². The van der Waals surface area contributed by atoms with E-state index >= 15 is 0 Å². The summed E-state index contributed by atoms with van der Waals surface area (Å²) in [5, 5.41) is 5.69. The van der Waals surface area contributed by atoms with E-state index in [9.17, 15) is 9.59 Å². The van der Waals surface area contributed by atoms with Crippen molar-refractivity contribution < 1.29 is 14.3 Å². The number of pyridine rings is 1. The van der Waals surface area contributed by atoms with Gasteiger partial charge in [-0.05, 0) is 49.4 Å². The number of fused-ring (bicyclic) bond motifs is 3. The molecule has 2 aromatic heterocycles. The second-order valence-electron chi connectivity index (χ2n) is 6.98. The summed E-state index contributed by atoms with van der Waals surface area (Å²) in [6.07, 6.45) is 1.41. The van der Waals surface area contributed by atoms with Gasteiger partial charge >= 0.3 is 0 Å². The molecule has 2 amide bonds. The lowest BCUT2D eigenvalue weighted by molar-refractivity contribution is 0.0926. The van der Waals surface area contributed by atoms with Crippen molar-refractivity contribution in [1.82, 2.24) is 14.8 Å². The van der Waals surface area contributed by atoms with Crippen LogP contribution in [-0.2, 0) is 0 Å². The molecule has 0 fully saturated rings. The number of anilines is 1. The molecule has 9 heteroatoms. The molecule has 154 valence electrons. The zero-order chi connectivity index (χ0) is 21.9. The number of rotatable bonds is 3. The molecule has 31 heavy (non-hydrogen) atoms. The van der Waals surface area contributed by atoms with Gasteiger partial charge in [-0.1, -0.05) is 23.2 Å². The molecule has 3 heterocycles. The van der Waals surface area contributed by atoms with Gasteiger partial charge in [0.1, 0.15) is 5.75 Å². The van der Waals surface area contributed by atoms with Crippen molar-refractivity contribution in [2.45, 2.75) is 6.92 Å². The van der Waals surface area contributed by atoms with Crippen molar-refractivity contribution in [2.75, 3.05) is 12.0 Å². The molecule has 0 bridgehead atoms. The number of benzene rings is 2. The van der Waals surface area contributed by atoms with Crippen LogP contribution in [0.4, 0.5) is 5.69 Å². The van der Waals surface area contributed by atoms with Crippen molar-refractivity contribution in [3.05, 3.63) is 75.5 Å². The van der Waals surface area contributed by atoms with Crippen LogP contribution in [0.2, 0.25) is 10.0 Å². The van der Waals surface area contributed by atoms with Crippen LogP contribution < -0.4 is 9.64 Å². The highest BCUT2D eigenvalue weighted by atomic mass is 35.5. The maximum Gasteiger partial charge on any atom is 0.267 e. The Morgan fingerprint density at radius 2 is 1.65 bits per heavy atom. The summed E-state index contributed by atoms with van der Waals surface area (Å²) in [5.74, 6) is -0.212. The first-order chi connectivity index (χ1) is 14.9. The van der Waals surface area contributed by atoms with Crippen molar-refractivity contribution in [3.8, 4) is 11.4 Å². The largest absolute Gasteiger partial charge is 0.497 e. The number of hydrogen-bond donors (Lipinski definition) is 0. The van der Waals surface area contributed by atoms with Gasteiger partial charge in [-0.25, -0.2) is 14.6 Å². The lowest BCUT2D eigenvalue weighted by atomic mass is 10.1. The number of halogens is 2. The number of imide groups is 1. The van der Waals surface area contributed by atoms with Gasteiger partial charge in [-0.15, -0.1) is 0 Å². The molecule has 0 aliphatic carbocycles. The second-order valence-corrected chi connectivity index (χ2v) is 7.80. The fourth-order valence-electron chi connectivity index (χ4n) is 3.72. The molecule has 7 nitrogen and oxygen atoms in total. The second kappa shape index (κ2) is 7.08. The van der Waals surface area contributed by atoms with E-state index in [0.29, 0.717) is 33.2 Å². The van der Waals surface area contributed by atoms with Crippen LogP contribution in [0.25, 0.3) is 16.7 Å². The summed E-state index contributed by atoms with van der Waals surface area (Å²) in [6, 6.07) is 11.9. The number of methoxy groups -OCH3 is 1. The van der Waals surface area contributed by atoms with Crippen molar-refractivity contribution in [3.63, 3.8) is 0 Å². The maximum absolute atomic E-state index is 13.3. The van der Waals surface area contributed by atoms with E-state index in [1.165, 1.54) is 12.3 Å². The van der Waals surface area contributed by atoms with Crippen LogP contribution in [0.1, 0.15) is 26.4 Å². The van der Waals surface area contributed by atoms with E-state index in [-0.39, 0.29) is 16.1 Å². The number of carbonyl (C=O) groups is 2. The van der Waals surface area contributed by atoms with E-state index in [1.807, 2.05) is 24.3 Å². The van der Waals surface area contributed by atoms with Crippen molar-refractivity contribution >= 4 is 51.7 Å². The predicted octanol–water partition coefficient (Wildman–Crippen LogP) is 4.84. The Bertz CT molecular complexity index is 1400. The van der Waals surface area contributed by atoms with Gasteiger partial charge in [0, 0.05) is 6.20 Å². The normalized spacial score (nSPS) is 13.2. The topological polar surface area (TPSA) is 77.3 Å².